The van der Waals surface area contributed by atoms with Crippen LogP contribution >= 0.6 is 11.8 Å². The maximum absolute atomic E-state index is 9.32. The number of nitrogens with zero attached hydrogens (tertiary/aromatic N) is 3. The molecule has 0 aromatic heterocycles. The second-order valence-electron chi connectivity index (χ2n) is 6.48. The first kappa shape index (κ1) is 17.6. The van der Waals surface area contributed by atoms with Crippen molar-refractivity contribution in [3.8, 4) is 6.07 Å². The van der Waals surface area contributed by atoms with E-state index in [1.165, 1.54) is 28.9 Å². The normalized spacial score (nSPS) is 13.8. The highest BCUT2D eigenvalue weighted by atomic mass is 32.2. The molecule has 0 N–H and O–H groups in total. The predicted molar refractivity (Wildman–Crippen MR) is 105 cm³/mol. The zero-order valence-corrected chi connectivity index (χ0v) is 15.8. The maximum atomic E-state index is 9.32. The predicted octanol–water partition coefficient (Wildman–Crippen LogP) is 5.51. The third-order valence-corrected chi connectivity index (χ3v) is 5.70. The van der Waals surface area contributed by atoms with E-state index in [9.17, 15) is 5.26 Å². The van der Waals surface area contributed by atoms with Gasteiger partial charge in [0.1, 0.15) is 6.07 Å². The molecule has 25 heavy (non-hydrogen) atoms. The van der Waals surface area contributed by atoms with Crippen molar-refractivity contribution in [3.05, 3.63) is 53.1 Å². The van der Waals surface area contributed by atoms with Crippen LogP contribution in [0, 0.1) is 18.3 Å². The van der Waals surface area contributed by atoms with Crippen LogP contribution in [0.3, 0.4) is 0 Å². The lowest BCUT2D eigenvalue weighted by Crippen LogP contribution is -2.14. The molecule has 4 heteroatoms. The molecule has 1 fully saturated rings. The van der Waals surface area contributed by atoms with Gasteiger partial charge in [-0.25, -0.2) is 4.99 Å². The van der Waals surface area contributed by atoms with Crippen LogP contribution in [0.1, 0.15) is 42.4 Å². The number of hydrogen-bond donors (Lipinski definition) is 0. The van der Waals surface area contributed by atoms with Gasteiger partial charge in [-0.15, -0.1) is 0 Å². The minimum absolute atomic E-state index is 0.630. The fraction of sp³-hybridized carbons (Fsp3) is 0.333. The van der Waals surface area contributed by atoms with Gasteiger partial charge in [-0.2, -0.15) is 5.26 Å². The van der Waals surface area contributed by atoms with Crippen LogP contribution in [0.15, 0.2) is 51.2 Å². The number of hydrogen-bond acceptors (Lipinski definition) is 3. The lowest BCUT2D eigenvalue weighted by atomic mass is 10.1. The van der Waals surface area contributed by atoms with Crippen molar-refractivity contribution < 1.29 is 0 Å². The monoisotopic (exact) mass is 349 g/mol. The average Bonchev–Trinajstić information content (AvgIpc) is 3.46. The van der Waals surface area contributed by atoms with Crippen molar-refractivity contribution in [3.63, 3.8) is 0 Å². The van der Waals surface area contributed by atoms with E-state index >= 15 is 0 Å². The Kier molecular flexibility index (Phi) is 5.45. The van der Waals surface area contributed by atoms with Crippen LogP contribution in [-0.4, -0.2) is 24.8 Å². The molecule has 1 aliphatic carbocycles. The number of rotatable bonds is 6. The Morgan fingerprint density at radius 1 is 1.28 bits per heavy atom. The maximum Gasteiger partial charge on any atom is 0.100 e. The van der Waals surface area contributed by atoms with E-state index in [1.54, 1.807) is 11.8 Å². The Labute approximate surface area is 154 Å². The summed E-state index contributed by atoms with van der Waals surface area (Å²) in [5.41, 5.74) is 4.35. The van der Waals surface area contributed by atoms with E-state index in [1.807, 2.05) is 37.7 Å². The number of benzene rings is 2. The second kappa shape index (κ2) is 7.76. The molecule has 0 unspecified atom stereocenters. The Hall–Kier alpha value is -2.25. The SMILES string of the molecule is CCN(C)C=Nc1cc(C)c(Sc2ccccc2C#N)cc1C1CC1. The highest BCUT2D eigenvalue weighted by Crippen LogP contribution is 2.47. The smallest absolute Gasteiger partial charge is 0.100 e. The molecular formula is C21H23N3S. The molecule has 0 heterocycles. The number of nitriles is 1. The van der Waals surface area contributed by atoms with Crippen molar-refractivity contribution in [2.75, 3.05) is 13.6 Å². The van der Waals surface area contributed by atoms with Gasteiger partial charge in [-0.05, 0) is 68.0 Å². The summed E-state index contributed by atoms with van der Waals surface area (Å²) in [7, 11) is 2.04. The average molecular weight is 350 g/mol. The second-order valence-corrected chi connectivity index (χ2v) is 7.56. The first-order valence-corrected chi connectivity index (χ1v) is 9.50. The third-order valence-electron chi connectivity index (χ3n) is 4.46. The lowest BCUT2D eigenvalue weighted by Gasteiger charge is -2.13. The third kappa shape index (κ3) is 4.24. The lowest BCUT2D eigenvalue weighted by molar-refractivity contribution is 0.552. The van der Waals surface area contributed by atoms with Crippen molar-refractivity contribution in [1.29, 1.82) is 5.26 Å². The van der Waals surface area contributed by atoms with Gasteiger partial charge in [0.05, 0.1) is 17.6 Å². The van der Waals surface area contributed by atoms with E-state index in [-0.39, 0.29) is 0 Å². The van der Waals surface area contributed by atoms with Crippen molar-refractivity contribution in [1.82, 2.24) is 4.90 Å². The summed E-state index contributed by atoms with van der Waals surface area (Å²) in [5.74, 6) is 0.630. The molecule has 2 aromatic rings. The van der Waals surface area contributed by atoms with Crippen LogP contribution in [0.25, 0.3) is 0 Å². The summed E-state index contributed by atoms with van der Waals surface area (Å²) >= 11 is 1.68. The molecule has 1 saturated carbocycles. The Balaban J connectivity index is 1.95. The standard InChI is InChI=1S/C21H23N3S/c1-4-24(3)14-23-19-11-15(2)21(12-18(19)16-9-10-16)25-20-8-6-5-7-17(20)13-22/h5-8,11-12,14,16H,4,9-10H2,1-3H3. The molecule has 0 saturated heterocycles. The topological polar surface area (TPSA) is 39.4 Å². The molecule has 128 valence electrons. The molecule has 2 aromatic carbocycles. The van der Waals surface area contributed by atoms with Crippen LogP contribution in [0.4, 0.5) is 5.69 Å². The van der Waals surface area contributed by atoms with E-state index in [0.717, 1.165) is 22.7 Å². The molecule has 0 spiro atoms. The molecule has 3 rings (SSSR count). The van der Waals surface area contributed by atoms with Crippen molar-refractivity contribution in [2.45, 2.75) is 42.4 Å². The van der Waals surface area contributed by atoms with Gasteiger partial charge in [-0.1, -0.05) is 23.9 Å². The Bertz CT molecular complexity index is 832. The van der Waals surface area contributed by atoms with Crippen LogP contribution in [0.5, 0.6) is 0 Å². The summed E-state index contributed by atoms with van der Waals surface area (Å²) in [6.07, 6.45) is 4.40. The van der Waals surface area contributed by atoms with Gasteiger partial charge in [0.25, 0.3) is 0 Å². The van der Waals surface area contributed by atoms with Crippen LogP contribution in [-0.2, 0) is 0 Å². The molecule has 0 radical (unpaired) electrons. The van der Waals surface area contributed by atoms with Gasteiger partial charge < -0.3 is 4.90 Å². The van der Waals surface area contributed by atoms with E-state index in [2.05, 4.69) is 36.9 Å². The molecular weight excluding hydrogens is 326 g/mol. The highest BCUT2D eigenvalue weighted by molar-refractivity contribution is 7.99. The van der Waals surface area contributed by atoms with E-state index in [0.29, 0.717) is 5.92 Å². The number of aliphatic imine (C=N–C) groups is 1. The Morgan fingerprint density at radius 2 is 2.04 bits per heavy atom. The molecule has 0 bridgehead atoms. The zero-order chi connectivity index (χ0) is 17.8. The summed E-state index contributed by atoms with van der Waals surface area (Å²) < 4.78 is 0. The fourth-order valence-electron chi connectivity index (χ4n) is 2.64. The van der Waals surface area contributed by atoms with Crippen LogP contribution in [0.2, 0.25) is 0 Å². The minimum Gasteiger partial charge on any atom is -0.366 e. The van der Waals surface area contributed by atoms with E-state index in [4.69, 9.17) is 4.99 Å². The van der Waals surface area contributed by atoms with Gasteiger partial charge in [0.2, 0.25) is 0 Å². The van der Waals surface area contributed by atoms with Crippen LogP contribution < -0.4 is 0 Å². The summed E-state index contributed by atoms with van der Waals surface area (Å²) in [4.78, 5) is 9.03. The molecule has 3 nitrogen and oxygen atoms in total. The highest BCUT2D eigenvalue weighted by Gasteiger charge is 2.27. The van der Waals surface area contributed by atoms with Gasteiger partial charge in [-0.3, -0.25) is 0 Å². The van der Waals surface area contributed by atoms with Crippen molar-refractivity contribution >= 4 is 23.8 Å². The Morgan fingerprint density at radius 3 is 2.72 bits per heavy atom. The van der Waals surface area contributed by atoms with E-state index < -0.39 is 0 Å². The summed E-state index contributed by atoms with van der Waals surface area (Å²) in [6, 6.07) is 14.5. The summed E-state index contributed by atoms with van der Waals surface area (Å²) in [5, 5.41) is 9.32. The number of aryl methyl sites for hydroxylation is 1. The fourth-order valence-corrected chi connectivity index (χ4v) is 3.65. The minimum atomic E-state index is 0.630. The largest absolute Gasteiger partial charge is 0.366 e. The molecule has 0 atom stereocenters. The molecule has 1 aliphatic rings. The molecule has 0 amide bonds. The summed E-state index contributed by atoms with van der Waals surface area (Å²) in [6.45, 7) is 5.18. The quantitative estimate of drug-likeness (QED) is 0.510. The molecule has 0 aliphatic heterocycles. The van der Waals surface area contributed by atoms with Gasteiger partial charge in [0.15, 0.2) is 0 Å². The first-order chi connectivity index (χ1) is 12.1. The first-order valence-electron chi connectivity index (χ1n) is 8.68. The van der Waals surface area contributed by atoms with Gasteiger partial charge in [0, 0.05) is 23.4 Å². The van der Waals surface area contributed by atoms with Gasteiger partial charge >= 0.3 is 0 Å². The van der Waals surface area contributed by atoms with Crippen molar-refractivity contribution in [2.24, 2.45) is 4.99 Å². The zero-order valence-electron chi connectivity index (χ0n) is 15.0.